The molecule has 4 rings (SSSR count). The van der Waals surface area contributed by atoms with Crippen LogP contribution in [0.25, 0.3) is 6.08 Å². The molecule has 144 valence electrons. The summed E-state index contributed by atoms with van der Waals surface area (Å²) in [5, 5.41) is 0. The Kier molecular flexibility index (Phi) is 5.92. The molecule has 1 aliphatic heterocycles. The van der Waals surface area contributed by atoms with Crippen LogP contribution in [-0.4, -0.2) is 11.9 Å². The third-order valence-electron chi connectivity index (χ3n) is 4.26. The number of carbonyl (C=O) groups excluding carboxylic acids is 1. The number of nitrogens with zero attached hydrogens (tertiary/aromatic N) is 1. The lowest BCUT2D eigenvalue weighted by atomic mass is 10.1. The standard InChI is InChI=1S/C23H15Br2NO3/c24-18-11-9-15(10-12-18)22-26-20(23(27)29-22)13-16-5-2-4-8-21(16)28-14-17-6-1-3-7-19(17)25/h1-13H,14H2/b20-13-. The minimum atomic E-state index is -0.483. The first-order valence-corrected chi connectivity index (χ1v) is 10.4. The summed E-state index contributed by atoms with van der Waals surface area (Å²) in [5.74, 6) is 0.472. The molecule has 0 aliphatic carbocycles. The number of cyclic esters (lactones) is 1. The van der Waals surface area contributed by atoms with Crippen LogP contribution in [0, 0.1) is 0 Å². The Balaban J connectivity index is 1.58. The van der Waals surface area contributed by atoms with E-state index in [4.69, 9.17) is 9.47 Å². The molecular formula is C23H15Br2NO3. The molecule has 0 atom stereocenters. The summed E-state index contributed by atoms with van der Waals surface area (Å²) in [6, 6.07) is 22.8. The Morgan fingerprint density at radius 1 is 0.931 bits per heavy atom. The highest BCUT2D eigenvalue weighted by Gasteiger charge is 2.24. The van der Waals surface area contributed by atoms with Crippen molar-refractivity contribution in [3.05, 3.63) is 104 Å². The fourth-order valence-corrected chi connectivity index (χ4v) is 3.44. The number of rotatable bonds is 5. The van der Waals surface area contributed by atoms with E-state index in [0.29, 0.717) is 18.3 Å². The van der Waals surface area contributed by atoms with Crippen molar-refractivity contribution in [3.63, 3.8) is 0 Å². The largest absolute Gasteiger partial charge is 0.488 e. The molecular weight excluding hydrogens is 498 g/mol. The van der Waals surface area contributed by atoms with E-state index in [1.165, 1.54) is 0 Å². The van der Waals surface area contributed by atoms with Gasteiger partial charge in [0.2, 0.25) is 5.90 Å². The highest BCUT2D eigenvalue weighted by molar-refractivity contribution is 9.10. The van der Waals surface area contributed by atoms with E-state index < -0.39 is 5.97 Å². The quantitative estimate of drug-likeness (QED) is 0.305. The topological polar surface area (TPSA) is 47.9 Å². The van der Waals surface area contributed by atoms with E-state index in [0.717, 1.165) is 25.6 Å². The van der Waals surface area contributed by atoms with Crippen molar-refractivity contribution >= 4 is 49.8 Å². The maximum absolute atomic E-state index is 12.3. The number of aliphatic imine (C=N–C) groups is 1. The third-order valence-corrected chi connectivity index (χ3v) is 5.57. The van der Waals surface area contributed by atoms with Gasteiger partial charge in [-0.05, 0) is 42.5 Å². The summed E-state index contributed by atoms with van der Waals surface area (Å²) in [7, 11) is 0. The summed E-state index contributed by atoms with van der Waals surface area (Å²) in [6.45, 7) is 0.402. The number of para-hydroxylation sites is 1. The number of hydrogen-bond acceptors (Lipinski definition) is 4. The lowest BCUT2D eigenvalue weighted by Gasteiger charge is -2.10. The van der Waals surface area contributed by atoms with Gasteiger partial charge in [0.1, 0.15) is 12.4 Å². The van der Waals surface area contributed by atoms with E-state index in [2.05, 4.69) is 36.9 Å². The molecule has 6 heteroatoms. The van der Waals surface area contributed by atoms with E-state index in [-0.39, 0.29) is 5.70 Å². The zero-order valence-corrected chi connectivity index (χ0v) is 18.3. The maximum Gasteiger partial charge on any atom is 0.363 e. The molecule has 0 saturated heterocycles. The normalized spacial score (nSPS) is 14.6. The number of halogens is 2. The number of esters is 1. The van der Waals surface area contributed by atoms with Gasteiger partial charge in [0, 0.05) is 25.6 Å². The van der Waals surface area contributed by atoms with E-state index in [9.17, 15) is 4.79 Å². The van der Waals surface area contributed by atoms with E-state index in [1.54, 1.807) is 6.08 Å². The van der Waals surface area contributed by atoms with Gasteiger partial charge in [0.05, 0.1) is 0 Å². The minimum Gasteiger partial charge on any atom is -0.488 e. The molecule has 0 N–H and O–H groups in total. The van der Waals surface area contributed by atoms with Crippen LogP contribution in [0.5, 0.6) is 5.75 Å². The van der Waals surface area contributed by atoms with Crippen LogP contribution in [0.2, 0.25) is 0 Å². The first-order chi connectivity index (χ1) is 14.1. The van der Waals surface area contributed by atoms with Gasteiger partial charge in [-0.1, -0.05) is 68.3 Å². The highest BCUT2D eigenvalue weighted by atomic mass is 79.9. The molecule has 3 aromatic carbocycles. The average Bonchev–Trinajstić information content (AvgIpc) is 3.09. The maximum atomic E-state index is 12.3. The molecule has 0 spiro atoms. The first kappa shape index (κ1) is 19.6. The summed E-state index contributed by atoms with van der Waals surface area (Å²) < 4.78 is 13.3. The molecule has 0 unspecified atom stereocenters. The number of hydrogen-bond donors (Lipinski definition) is 0. The van der Waals surface area contributed by atoms with Crippen LogP contribution in [0.1, 0.15) is 16.7 Å². The molecule has 1 heterocycles. The van der Waals surface area contributed by atoms with Crippen LogP contribution in [0.4, 0.5) is 0 Å². The SMILES string of the molecule is O=C1OC(c2ccc(Br)cc2)=N/C1=C\c1ccccc1OCc1ccccc1Br. The van der Waals surface area contributed by atoms with Gasteiger partial charge >= 0.3 is 5.97 Å². The second-order valence-electron chi connectivity index (χ2n) is 6.26. The molecule has 0 fully saturated rings. The Morgan fingerprint density at radius 3 is 2.45 bits per heavy atom. The average molecular weight is 513 g/mol. The van der Waals surface area contributed by atoms with Crippen molar-refractivity contribution in [1.29, 1.82) is 0 Å². The van der Waals surface area contributed by atoms with Crippen LogP contribution in [0.3, 0.4) is 0 Å². The molecule has 0 amide bonds. The molecule has 29 heavy (non-hydrogen) atoms. The first-order valence-electron chi connectivity index (χ1n) is 8.84. The van der Waals surface area contributed by atoms with Crippen molar-refractivity contribution in [2.45, 2.75) is 6.61 Å². The van der Waals surface area contributed by atoms with Gasteiger partial charge in [-0.15, -0.1) is 0 Å². The van der Waals surface area contributed by atoms with Gasteiger partial charge in [-0.25, -0.2) is 9.79 Å². The molecule has 0 radical (unpaired) electrons. The Hall–Kier alpha value is -2.70. The lowest BCUT2D eigenvalue weighted by molar-refractivity contribution is -0.129. The molecule has 4 nitrogen and oxygen atoms in total. The van der Waals surface area contributed by atoms with Crippen LogP contribution >= 0.6 is 31.9 Å². The van der Waals surface area contributed by atoms with Gasteiger partial charge in [0.25, 0.3) is 0 Å². The zero-order valence-electron chi connectivity index (χ0n) is 15.1. The minimum absolute atomic E-state index is 0.236. The van der Waals surface area contributed by atoms with Crippen molar-refractivity contribution in [1.82, 2.24) is 0 Å². The predicted octanol–water partition coefficient (Wildman–Crippen LogP) is 6.14. The number of benzene rings is 3. The van der Waals surface area contributed by atoms with Crippen molar-refractivity contribution in [2.24, 2.45) is 4.99 Å². The number of ether oxygens (including phenoxy) is 2. The number of carbonyl (C=O) groups is 1. The second kappa shape index (κ2) is 8.76. The zero-order chi connectivity index (χ0) is 20.2. The third kappa shape index (κ3) is 4.66. The monoisotopic (exact) mass is 511 g/mol. The van der Waals surface area contributed by atoms with Crippen LogP contribution in [-0.2, 0) is 16.1 Å². The lowest BCUT2D eigenvalue weighted by Crippen LogP contribution is -2.05. The smallest absolute Gasteiger partial charge is 0.363 e. The van der Waals surface area contributed by atoms with Crippen LogP contribution < -0.4 is 4.74 Å². The summed E-state index contributed by atoms with van der Waals surface area (Å²) in [5.41, 5.74) is 2.77. The van der Waals surface area contributed by atoms with E-state index >= 15 is 0 Å². The Morgan fingerprint density at radius 2 is 1.66 bits per heavy atom. The van der Waals surface area contributed by atoms with E-state index in [1.807, 2.05) is 72.8 Å². The molecule has 0 saturated carbocycles. The van der Waals surface area contributed by atoms with Gasteiger partial charge in [-0.2, -0.15) is 0 Å². The molecule has 3 aromatic rings. The van der Waals surface area contributed by atoms with Gasteiger partial charge < -0.3 is 9.47 Å². The molecule has 0 aromatic heterocycles. The van der Waals surface area contributed by atoms with Crippen molar-refractivity contribution < 1.29 is 14.3 Å². The predicted molar refractivity (Wildman–Crippen MR) is 120 cm³/mol. The van der Waals surface area contributed by atoms with Crippen molar-refractivity contribution in [3.8, 4) is 5.75 Å². The fourth-order valence-electron chi connectivity index (χ4n) is 2.77. The Labute approximate surface area is 185 Å². The van der Waals surface area contributed by atoms with Crippen LogP contribution in [0.15, 0.2) is 92.4 Å². The summed E-state index contributed by atoms with van der Waals surface area (Å²) in [4.78, 5) is 16.7. The molecule has 1 aliphatic rings. The molecule has 0 bridgehead atoms. The highest BCUT2D eigenvalue weighted by Crippen LogP contribution is 2.26. The second-order valence-corrected chi connectivity index (χ2v) is 8.03. The van der Waals surface area contributed by atoms with Crippen molar-refractivity contribution in [2.75, 3.05) is 0 Å². The Bertz CT molecular complexity index is 1120. The summed E-state index contributed by atoms with van der Waals surface area (Å²) >= 11 is 6.92. The van der Waals surface area contributed by atoms with Gasteiger partial charge in [0.15, 0.2) is 5.70 Å². The summed E-state index contributed by atoms with van der Waals surface area (Å²) in [6.07, 6.45) is 1.68. The van der Waals surface area contributed by atoms with Gasteiger partial charge in [-0.3, -0.25) is 0 Å². The fraction of sp³-hybridized carbons (Fsp3) is 0.0435.